The first-order valence-corrected chi connectivity index (χ1v) is 9.86. The molecule has 0 radical (unpaired) electrons. The van der Waals surface area contributed by atoms with E-state index in [4.69, 9.17) is 0 Å². The number of halogens is 1. The van der Waals surface area contributed by atoms with Crippen molar-refractivity contribution in [1.82, 2.24) is 15.1 Å². The molecule has 152 valence electrons. The molecule has 2 N–H and O–H groups in total. The molecular formula is C23H27ClN4O. The van der Waals surface area contributed by atoms with Gasteiger partial charge in [0.2, 0.25) is 0 Å². The molecule has 0 aliphatic carbocycles. The van der Waals surface area contributed by atoms with Crippen LogP contribution in [0.3, 0.4) is 0 Å². The van der Waals surface area contributed by atoms with Gasteiger partial charge in [-0.15, -0.1) is 12.4 Å². The molecule has 1 amide bonds. The fourth-order valence-corrected chi connectivity index (χ4v) is 3.82. The second-order valence-corrected chi connectivity index (χ2v) is 7.48. The zero-order valence-electron chi connectivity index (χ0n) is 16.8. The van der Waals surface area contributed by atoms with Gasteiger partial charge in [0.1, 0.15) is 0 Å². The van der Waals surface area contributed by atoms with Crippen molar-refractivity contribution < 1.29 is 4.79 Å². The van der Waals surface area contributed by atoms with Crippen LogP contribution in [0, 0.1) is 13.8 Å². The number of rotatable bonds is 4. The lowest BCUT2D eigenvalue weighted by Crippen LogP contribution is -2.29. The van der Waals surface area contributed by atoms with Crippen LogP contribution in [0.4, 0.5) is 5.69 Å². The molecule has 0 saturated carbocycles. The van der Waals surface area contributed by atoms with E-state index in [2.05, 4.69) is 46.9 Å². The number of anilines is 1. The molecule has 0 spiro atoms. The van der Waals surface area contributed by atoms with E-state index in [1.807, 2.05) is 35.9 Å². The van der Waals surface area contributed by atoms with E-state index in [0.717, 1.165) is 48.6 Å². The molecule has 29 heavy (non-hydrogen) atoms. The summed E-state index contributed by atoms with van der Waals surface area (Å²) in [7, 11) is 0. The van der Waals surface area contributed by atoms with E-state index in [-0.39, 0.29) is 18.3 Å². The van der Waals surface area contributed by atoms with Gasteiger partial charge < -0.3 is 10.6 Å². The van der Waals surface area contributed by atoms with Gasteiger partial charge in [-0.05, 0) is 63.5 Å². The summed E-state index contributed by atoms with van der Waals surface area (Å²) < 4.78 is 1.95. The SMILES string of the molecule is Cc1ccc(-n2ncc(C(=O)Nc3ccccc3C)c2C2CCNCC2)cc1.Cl. The summed E-state index contributed by atoms with van der Waals surface area (Å²) in [6.45, 7) is 5.99. The van der Waals surface area contributed by atoms with Crippen molar-refractivity contribution in [3.8, 4) is 5.69 Å². The van der Waals surface area contributed by atoms with Gasteiger partial charge in [-0.25, -0.2) is 4.68 Å². The zero-order chi connectivity index (χ0) is 19.5. The predicted molar refractivity (Wildman–Crippen MR) is 120 cm³/mol. The number of benzene rings is 2. The van der Waals surface area contributed by atoms with E-state index in [1.54, 1.807) is 6.20 Å². The highest BCUT2D eigenvalue weighted by molar-refractivity contribution is 6.05. The molecule has 6 heteroatoms. The summed E-state index contributed by atoms with van der Waals surface area (Å²) in [5.41, 5.74) is 5.76. The molecule has 4 rings (SSSR count). The van der Waals surface area contributed by atoms with Gasteiger partial charge >= 0.3 is 0 Å². The molecule has 1 aliphatic heterocycles. The van der Waals surface area contributed by atoms with Crippen LogP contribution in [0.1, 0.15) is 45.9 Å². The minimum Gasteiger partial charge on any atom is -0.322 e. The first kappa shape index (κ1) is 21.1. The topological polar surface area (TPSA) is 59.0 Å². The quantitative estimate of drug-likeness (QED) is 0.659. The molecule has 2 aromatic carbocycles. The van der Waals surface area contributed by atoms with Crippen molar-refractivity contribution >= 4 is 24.0 Å². The minimum atomic E-state index is -0.0961. The van der Waals surface area contributed by atoms with E-state index >= 15 is 0 Å². The first-order chi connectivity index (χ1) is 13.6. The van der Waals surface area contributed by atoms with Gasteiger partial charge in [-0.3, -0.25) is 4.79 Å². The van der Waals surface area contributed by atoms with Crippen LogP contribution >= 0.6 is 12.4 Å². The van der Waals surface area contributed by atoms with Crippen molar-refractivity contribution in [3.05, 3.63) is 77.1 Å². The molecule has 1 aromatic heterocycles. The number of hydrogen-bond donors (Lipinski definition) is 2. The smallest absolute Gasteiger partial charge is 0.259 e. The lowest BCUT2D eigenvalue weighted by molar-refractivity contribution is 0.102. The number of nitrogens with zero attached hydrogens (tertiary/aromatic N) is 2. The van der Waals surface area contributed by atoms with Gasteiger partial charge in [0, 0.05) is 11.6 Å². The van der Waals surface area contributed by atoms with Crippen LogP contribution in [0.2, 0.25) is 0 Å². The average Bonchev–Trinajstić information content (AvgIpc) is 3.16. The van der Waals surface area contributed by atoms with Crippen LogP contribution in [0.5, 0.6) is 0 Å². The Morgan fingerprint density at radius 3 is 2.45 bits per heavy atom. The number of aryl methyl sites for hydroxylation is 2. The van der Waals surface area contributed by atoms with E-state index < -0.39 is 0 Å². The summed E-state index contributed by atoms with van der Waals surface area (Å²) in [5.74, 6) is 0.212. The van der Waals surface area contributed by atoms with Crippen molar-refractivity contribution in [2.24, 2.45) is 0 Å². The Bertz CT molecular complexity index is 975. The van der Waals surface area contributed by atoms with E-state index in [0.29, 0.717) is 11.5 Å². The maximum Gasteiger partial charge on any atom is 0.259 e. The maximum absolute atomic E-state index is 13.1. The van der Waals surface area contributed by atoms with Gasteiger partial charge in [0.25, 0.3) is 5.91 Å². The number of piperidine rings is 1. The second kappa shape index (κ2) is 9.25. The van der Waals surface area contributed by atoms with Crippen LogP contribution in [-0.4, -0.2) is 28.8 Å². The molecule has 0 atom stereocenters. The highest BCUT2D eigenvalue weighted by Gasteiger charge is 2.27. The molecule has 5 nitrogen and oxygen atoms in total. The fourth-order valence-electron chi connectivity index (χ4n) is 3.82. The van der Waals surface area contributed by atoms with E-state index in [1.165, 1.54) is 5.56 Å². The van der Waals surface area contributed by atoms with Gasteiger partial charge in [0.15, 0.2) is 0 Å². The van der Waals surface area contributed by atoms with Crippen LogP contribution < -0.4 is 10.6 Å². The number of carbonyl (C=O) groups is 1. The molecule has 0 bridgehead atoms. The Morgan fingerprint density at radius 2 is 1.76 bits per heavy atom. The number of amides is 1. The molecule has 1 saturated heterocycles. The molecule has 2 heterocycles. The van der Waals surface area contributed by atoms with Crippen LogP contribution in [0.25, 0.3) is 5.69 Å². The number of hydrogen-bond acceptors (Lipinski definition) is 3. The zero-order valence-corrected chi connectivity index (χ0v) is 17.6. The minimum absolute atomic E-state index is 0. The van der Waals surface area contributed by atoms with Gasteiger partial charge in [0.05, 0.1) is 23.1 Å². The van der Waals surface area contributed by atoms with Crippen LogP contribution in [0.15, 0.2) is 54.7 Å². The summed E-state index contributed by atoms with van der Waals surface area (Å²) in [5, 5.41) is 11.1. The number of para-hydroxylation sites is 1. The summed E-state index contributed by atoms with van der Waals surface area (Å²) in [6, 6.07) is 16.1. The molecule has 1 aliphatic rings. The summed E-state index contributed by atoms with van der Waals surface area (Å²) in [6.07, 6.45) is 3.72. The van der Waals surface area contributed by atoms with Gasteiger partial charge in [-0.2, -0.15) is 5.10 Å². The lowest BCUT2D eigenvalue weighted by atomic mass is 9.91. The Balaban J connectivity index is 0.00000240. The predicted octanol–water partition coefficient (Wildman–Crippen LogP) is 4.63. The average molecular weight is 411 g/mol. The Morgan fingerprint density at radius 1 is 1.07 bits per heavy atom. The normalized spacial score (nSPS) is 14.3. The number of aromatic nitrogens is 2. The monoisotopic (exact) mass is 410 g/mol. The number of nitrogens with one attached hydrogen (secondary N) is 2. The van der Waals surface area contributed by atoms with Crippen molar-refractivity contribution in [2.75, 3.05) is 18.4 Å². The standard InChI is InChI=1S/C23H26N4O.ClH/c1-16-7-9-19(10-8-16)27-22(18-11-13-24-14-12-18)20(15-25-27)23(28)26-21-6-4-3-5-17(21)2;/h3-10,15,18,24H,11-14H2,1-2H3,(H,26,28);1H. The first-order valence-electron chi connectivity index (χ1n) is 9.86. The Labute approximate surface area is 177 Å². The Hall–Kier alpha value is -2.63. The lowest BCUT2D eigenvalue weighted by Gasteiger charge is -2.24. The third kappa shape index (κ3) is 4.52. The van der Waals surface area contributed by atoms with Crippen molar-refractivity contribution in [1.29, 1.82) is 0 Å². The Kier molecular flexibility index (Phi) is 6.72. The molecule has 3 aromatic rings. The number of carbonyl (C=O) groups excluding carboxylic acids is 1. The van der Waals surface area contributed by atoms with Crippen molar-refractivity contribution in [3.63, 3.8) is 0 Å². The molecule has 0 unspecified atom stereocenters. The highest BCUT2D eigenvalue weighted by atomic mass is 35.5. The van der Waals surface area contributed by atoms with Crippen LogP contribution in [-0.2, 0) is 0 Å². The molecule has 1 fully saturated rings. The summed E-state index contributed by atoms with van der Waals surface area (Å²) in [4.78, 5) is 13.1. The van der Waals surface area contributed by atoms with E-state index in [9.17, 15) is 4.79 Å². The third-order valence-corrected chi connectivity index (χ3v) is 5.45. The highest BCUT2D eigenvalue weighted by Crippen LogP contribution is 2.31. The fraction of sp³-hybridized carbons (Fsp3) is 0.304. The summed E-state index contributed by atoms with van der Waals surface area (Å²) >= 11 is 0. The molecular weight excluding hydrogens is 384 g/mol. The third-order valence-electron chi connectivity index (χ3n) is 5.45. The van der Waals surface area contributed by atoms with Crippen molar-refractivity contribution in [2.45, 2.75) is 32.6 Å². The largest absolute Gasteiger partial charge is 0.322 e. The second-order valence-electron chi connectivity index (χ2n) is 7.48. The maximum atomic E-state index is 13.1. The van der Waals surface area contributed by atoms with Gasteiger partial charge in [-0.1, -0.05) is 35.9 Å².